The molecular weight excluding hydrogens is 336 g/mol. The Labute approximate surface area is 150 Å². The van der Waals surface area contributed by atoms with E-state index in [2.05, 4.69) is 22.8 Å². The maximum Gasteiger partial charge on any atom is 0.318 e. The molecule has 0 saturated carbocycles. The van der Waals surface area contributed by atoms with Crippen molar-refractivity contribution in [1.29, 1.82) is 0 Å². The van der Waals surface area contributed by atoms with E-state index in [0.717, 1.165) is 17.1 Å². The average Bonchev–Trinajstić information content (AvgIpc) is 3.26. The fourth-order valence-corrected chi connectivity index (χ4v) is 4.12. The smallest absolute Gasteiger partial charge is 0.318 e. The molecule has 0 radical (unpaired) electrons. The Morgan fingerprint density at radius 1 is 1.32 bits per heavy atom. The van der Waals surface area contributed by atoms with Crippen molar-refractivity contribution in [2.45, 2.75) is 19.5 Å². The minimum atomic E-state index is -0.179. The summed E-state index contributed by atoms with van der Waals surface area (Å²) in [6.45, 7) is 3.98. The Morgan fingerprint density at radius 3 is 3.04 bits per heavy atom. The first-order chi connectivity index (χ1) is 12.2. The van der Waals surface area contributed by atoms with Gasteiger partial charge in [-0.2, -0.15) is 0 Å². The van der Waals surface area contributed by atoms with Crippen LogP contribution in [-0.4, -0.2) is 30.7 Å². The van der Waals surface area contributed by atoms with Crippen molar-refractivity contribution >= 4 is 27.5 Å². The van der Waals surface area contributed by atoms with E-state index in [1.54, 1.807) is 16.2 Å². The van der Waals surface area contributed by atoms with Crippen LogP contribution in [0.25, 0.3) is 10.1 Å². The van der Waals surface area contributed by atoms with Crippen molar-refractivity contribution in [3.63, 3.8) is 0 Å². The molecule has 0 bridgehead atoms. The second-order valence-electron chi connectivity index (χ2n) is 6.15. The Bertz CT molecular complexity index is 886. The predicted molar refractivity (Wildman–Crippen MR) is 97.8 cm³/mol. The van der Waals surface area contributed by atoms with Crippen LogP contribution in [0.5, 0.6) is 0 Å². The van der Waals surface area contributed by atoms with Crippen LogP contribution in [-0.2, 0) is 11.3 Å². The molecule has 4 rings (SSSR count). The molecule has 5 nitrogen and oxygen atoms in total. The average molecular weight is 356 g/mol. The highest BCUT2D eigenvalue weighted by Gasteiger charge is 2.30. The third-order valence-electron chi connectivity index (χ3n) is 4.47. The minimum Gasteiger partial charge on any atom is -0.464 e. The second kappa shape index (κ2) is 6.90. The van der Waals surface area contributed by atoms with Crippen molar-refractivity contribution in [2.24, 2.45) is 0 Å². The van der Waals surface area contributed by atoms with E-state index in [1.807, 2.05) is 31.2 Å². The van der Waals surface area contributed by atoms with Gasteiger partial charge in [0.05, 0.1) is 13.2 Å². The number of hydrogen-bond acceptors (Lipinski definition) is 4. The van der Waals surface area contributed by atoms with Crippen LogP contribution in [0.4, 0.5) is 4.79 Å². The molecule has 1 aliphatic rings. The number of ether oxygens (including phenoxy) is 1. The van der Waals surface area contributed by atoms with Crippen molar-refractivity contribution in [3.05, 3.63) is 58.9 Å². The molecule has 2 amide bonds. The van der Waals surface area contributed by atoms with E-state index in [0.29, 0.717) is 26.3 Å². The number of carbonyl (C=O) groups is 1. The summed E-state index contributed by atoms with van der Waals surface area (Å²) in [5, 5.41) is 6.36. The molecule has 1 fully saturated rings. The van der Waals surface area contributed by atoms with Crippen LogP contribution >= 0.6 is 11.3 Å². The van der Waals surface area contributed by atoms with E-state index < -0.39 is 0 Å². The van der Waals surface area contributed by atoms with Gasteiger partial charge in [-0.15, -0.1) is 11.3 Å². The third-order valence-corrected chi connectivity index (χ3v) is 5.48. The molecule has 3 heterocycles. The maximum atomic E-state index is 12.7. The third kappa shape index (κ3) is 3.27. The summed E-state index contributed by atoms with van der Waals surface area (Å²) in [5.41, 5.74) is 1.15. The van der Waals surface area contributed by atoms with Gasteiger partial charge in [0.25, 0.3) is 0 Å². The molecule has 1 N–H and O–H groups in total. The van der Waals surface area contributed by atoms with Crippen LogP contribution in [0, 0.1) is 6.92 Å². The van der Waals surface area contributed by atoms with Crippen molar-refractivity contribution < 1.29 is 13.9 Å². The normalized spacial score (nSPS) is 17.8. The zero-order valence-corrected chi connectivity index (χ0v) is 14.8. The first kappa shape index (κ1) is 16.2. The first-order valence-electron chi connectivity index (χ1n) is 8.36. The van der Waals surface area contributed by atoms with E-state index in [9.17, 15) is 4.79 Å². The number of amides is 2. The molecule has 1 aromatic carbocycles. The number of morpholine rings is 1. The topological polar surface area (TPSA) is 54.7 Å². The molecular formula is C19H20N2O3S. The van der Waals surface area contributed by atoms with Crippen LogP contribution in [0.2, 0.25) is 0 Å². The van der Waals surface area contributed by atoms with E-state index in [4.69, 9.17) is 9.15 Å². The number of fused-ring (bicyclic) bond motifs is 1. The van der Waals surface area contributed by atoms with Gasteiger partial charge in [0.2, 0.25) is 0 Å². The largest absolute Gasteiger partial charge is 0.464 e. The number of urea groups is 1. The molecule has 6 heteroatoms. The minimum absolute atomic E-state index is 0.0855. The zero-order valence-electron chi connectivity index (χ0n) is 14.0. The van der Waals surface area contributed by atoms with Gasteiger partial charge in [-0.05, 0) is 41.5 Å². The quantitative estimate of drug-likeness (QED) is 0.769. The monoisotopic (exact) mass is 356 g/mol. The summed E-state index contributed by atoms with van der Waals surface area (Å²) >= 11 is 1.70. The van der Waals surface area contributed by atoms with Gasteiger partial charge in [0.1, 0.15) is 17.6 Å². The summed E-state index contributed by atoms with van der Waals surface area (Å²) in [5.74, 6) is 1.61. The Morgan fingerprint density at radius 2 is 2.20 bits per heavy atom. The maximum absolute atomic E-state index is 12.7. The molecule has 0 spiro atoms. The number of hydrogen-bond donors (Lipinski definition) is 1. The Balaban J connectivity index is 1.47. The fraction of sp³-hybridized carbons (Fsp3) is 0.316. The summed E-state index contributed by atoms with van der Waals surface area (Å²) < 4.78 is 12.5. The number of thiophene rings is 1. The lowest BCUT2D eigenvalue weighted by Gasteiger charge is -2.34. The highest BCUT2D eigenvalue weighted by atomic mass is 32.1. The van der Waals surface area contributed by atoms with Crippen molar-refractivity contribution in [1.82, 2.24) is 10.2 Å². The molecule has 25 heavy (non-hydrogen) atoms. The van der Waals surface area contributed by atoms with Crippen LogP contribution < -0.4 is 5.32 Å². The zero-order chi connectivity index (χ0) is 17.2. The predicted octanol–water partition coefficient (Wildman–Crippen LogP) is 4.09. The number of rotatable bonds is 3. The summed E-state index contributed by atoms with van der Waals surface area (Å²) in [6.07, 6.45) is 0. The van der Waals surface area contributed by atoms with Crippen LogP contribution in [0.15, 0.2) is 46.2 Å². The van der Waals surface area contributed by atoms with Gasteiger partial charge in [-0.3, -0.25) is 0 Å². The SMILES string of the molecule is Cc1ccc(C2COCCN2C(=O)NCc2csc3ccccc23)o1. The van der Waals surface area contributed by atoms with E-state index in [1.165, 1.54) is 10.1 Å². The number of aryl methyl sites for hydroxylation is 1. The van der Waals surface area contributed by atoms with E-state index >= 15 is 0 Å². The standard InChI is InChI=1S/C19H20N2O3S/c1-13-6-7-17(24-13)16-11-23-9-8-21(16)19(22)20-10-14-12-25-18-5-3-2-4-15(14)18/h2-7,12,16H,8-11H2,1H3,(H,20,22). The van der Waals surface area contributed by atoms with Gasteiger partial charge in [-0.25, -0.2) is 4.79 Å². The number of furan rings is 1. The first-order valence-corrected chi connectivity index (χ1v) is 9.24. The van der Waals surface area contributed by atoms with E-state index in [-0.39, 0.29) is 12.1 Å². The number of nitrogens with zero attached hydrogens (tertiary/aromatic N) is 1. The van der Waals surface area contributed by atoms with Crippen LogP contribution in [0.1, 0.15) is 23.1 Å². The molecule has 1 aliphatic heterocycles. The molecule has 0 aliphatic carbocycles. The van der Waals surface area contributed by atoms with Gasteiger partial charge in [-0.1, -0.05) is 18.2 Å². The lowest BCUT2D eigenvalue weighted by molar-refractivity contribution is 0.00401. The van der Waals surface area contributed by atoms with Crippen LogP contribution in [0.3, 0.4) is 0 Å². The molecule has 2 aromatic heterocycles. The van der Waals surface area contributed by atoms with Gasteiger partial charge in [0, 0.05) is 17.8 Å². The lowest BCUT2D eigenvalue weighted by Crippen LogP contribution is -2.47. The second-order valence-corrected chi connectivity index (χ2v) is 7.06. The molecule has 3 aromatic rings. The number of benzene rings is 1. The summed E-state index contributed by atoms with van der Waals surface area (Å²) in [4.78, 5) is 14.5. The van der Waals surface area contributed by atoms with Gasteiger partial charge < -0.3 is 19.4 Å². The Kier molecular flexibility index (Phi) is 4.46. The van der Waals surface area contributed by atoms with Crippen molar-refractivity contribution in [2.75, 3.05) is 19.8 Å². The number of carbonyl (C=O) groups excluding carboxylic acids is 1. The van der Waals surface area contributed by atoms with Crippen molar-refractivity contribution in [3.8, 4) is 0 Å². The molecule has 1 unspecified atom stereocenters. The fourth-order valence-electron chi connectivity index (χ4n) is 3.16. The number of nitrogens with one attached hydrogen (secondary N) is 1. The highest BCUT2D eigenvalue weighted by Crippen LogP contribution is 2.27. The molecule has 1 saturated heterocycles. The van der Waals surface area contributed by atoms with Gasteiger partial charge in [0.15, 0.2) is 0 Å². The van der Waals surface area contributed by atoms with Gasteiger partial charge >= 0.3 is 6.03 Å². The highest BCUT2D eigenvalue weighted by molar-refractivity contribution is 7.17. The lowest BCUT2D eigenvalue weighted by atomic mass is 10.1. The molecule has 1 atom stereocenters. The molecule has 130 valence electrons. The summed E-state index contributed by atoms with van der Waals surface area (Å²) in [7, 11) is 0. The Hall–Kier alpha value is -2.31. The summed E-state index contributed by atoms with van der Waals surface area (Å²) in [6, 6.07) is 11.8.